The maximum absolute atomic E-state index is 12.6. The highest BCUT2D eigenvalue weighted by atomic mass is 35.5. The van der Waals surface area contributed by atoms with E-state index in [1.165, 1.54) is 19.3 Å². The Kier molecular flexibility index (Phi) is 5.52. The Bertz CT molecular complexity index is 376. The molecule has 0 amide bonds. The van der Waals surface area contributed by atoms with Crippen molar-refractivity contribution in [2.45, 2.75) is 39.0 Å². The zero-order valence-corrected chi connectivity index (χ0v) is 13.3. The molecule has 0 aromatic carbocycles. The quantitative estimate of drug-likeness (QED) is 0.707. The predicted octanol–water partition coefficient (Wildman–Crippen LogP) is 2.30. The largest absolute Gasteiger partial charge is 0.281 e. The van der Waals surface area contributed by atoms with Crippen molar-refractivity contribution in [1.29, 1.82) is 0 Å². The zero-order valence-electron chi connectivity index (χ0n) is 11.7. The van der Waals surface area contributed by atoms with E-state index in [4.69, 9.17) is 11.6 Å². The minimum Gasteiger partial charge on any atom is -0.195 e. The summed E-state index contributed by atoms with van der Waals surface area (Å²) in [6.45, 7) is 4.46. The Morgan fingerprint density at radius 2 is 1.79 bits per heavy atom. The van der Waals surface area contributed by atoms with Gasteiger partial charge in [-0.05, 0) is 37.5 Å². The van der Waals surface area contributed by atoms with Gasteiger partial charge in [-0.2, -0.15) is 17.0 Å². The molecule has 4 nitrogen and oxygen atoms in total. The van der Waals surface area contributed by atoms with Crippen molar-refractivity contribution < 1.29 is 8.42 Å². The molecular weight excluding hydrogens is 284 g/mol. The van der Waals surface area contributed by atoms with Gasteiger partial charge in [0.1, 0.15) is 0 Å². The van der Waals surface area contributed by atoms with Gasteiger partial charge >= 0.3 is 0 Å². The maximum Gasteiger partial charge on any atom is 0.281 e. The lowest BCUT2D eigenvalue weighted by molar-refractivity contribution is 0.224. The molecule has 0 spiro atoms. The summed E-state index contributed by atoms with van der Waals surface area (Å²) in [6.07, 6.45) is 5.40. The lowest BCUT2D eigenvalue weighted by Crippen LogP contribution is -2.49. The van der Waals surface area contributed by atoms with Crippen LogP contribution in [0.25, 0.3) is 0 Å². The Balaban J connectivity index is 1.95. The van der Waals surface area contributed by atoms with Crippen LogP contribution >= 0.6 is 11.6 Å². The number of piperidine rings is 1. The molecule has 0 aromatic heterocycles. The third-order valence-electron chi connectivity index (χ3n) is 4.48. The molecule has 0 unspecified atom stereocenters. The Morgan fingerprint density at radius 1 is 1.16 bits per heavy atom. The van der Waals surface area contributed by atoms with E-state index in [9.17, 15) is 8.42 Å². The van der Waals surface area contributed by atoms with Gasteiger partial charge in [0.05, 0.1) is 0 Å². The molecule has 19 heavy (non-hydrogen) atoms. The molecule has 0 aromatic rings. The van der Waals surface area contributed by atoms with Crippen molar-refractivity contribution in [1.82, 2.24) is 8.61 Å². The van der Waals surface area contributed by atoms with Crippen molar-refractivity contribution in [2.75, 3.05) is 32.1 Å². The monoisotopic (exact) mass is 308 g/mol. The van der Waals surface area contributed by atoms with Gasteiger partial charge in [-0.25, -0.2) is 0 Å². The Morgan fingerprint density at radius 3 is 2.21 bits per heavy atom. The van der Waals surface area contributed by atoms with E-state index < -0.39 is 10.2 Å². The van der Waals surface area contributed by atoms with Crippen LogP contribution in [-0.4, -0.2) is 49.1 Å². The molecule has 1 heterocycles. The lowest BCUT2D eigenvalue weighted by Gasteiger charge is -2.37. The molecule has 0 N–H and O–H groups in total. The molecule has 2 aliphatic rings. The van der Waals surface area contributed by atoms with Gasteiger partial charge in [0.2, 0.25) is 0 Å². The summed E-state index contributed by atoms with van der Waals surface area (Å²) < 4.78 is 28.5. The first-order valence-electron chi connectivity index (χ1n) is 7.39. The van der Waals surface area contributed by atoms with E-state index in [-0.39, 0.29) is 0 Å². The molecule has 1 aliphatic heterocycles. The first kappa shape index (κ1) is 15.5. The summed E-state index contributed by atoms with van der Waals surface area (Å²) in [4.78, 5) is 0. The van der Waals surface area contributed by atoms with Crippen LogP contribution in [0.15, 0.2) is 0 Å². The number of halogens is 1. The summed E-state index contributed by atoms with van der Waals surface area (Å²) in [5, 5.41) is 0. The number of rotatable bonds is 6. The summed E-state index contributed by atoms with van der Waals surface area (Å²) in [6, 6.07) is 0. The smallest absolute Gasteiger partial charge is 0.195 e. The van der Waals surface area contributed by atoms with Gasteiger partial charge in [-0.3, -0.25) is 0 Å². The number of hydrogen-bond donors (Lipinski definition) is 0. The standard InChI is InChI=1S/C13H25ClN2O2S/c1-2-15(11-13-4-3-5-13)19(17,18)16-8-6-12(10-14)7-9-16/h12-13H,2-11H2,1H3. The first-order chi connectivity index (χ1) is 9.07. The van der Waals surface area contributed by atoms with Crippen molar-refractivity contribution in [2.24, 2.45) is 11.8 Å². The van der Waals surface area contributed by atoms with Gasteiger partial charge in [0, 0.05) is 32.1 Å². The molecule has 0 atom stereocenters. The molecule has 1 saturated heterocycles. The second-order valence-corrected chi connectivity index (χ2v) is 7.99. The number of alkyl halides is 1. The van der Waals surface area contributed by atoms with Crippen LogP contribution in [0, 0.1) is 11.8 Å². The predicted molar refractivity (Wildman–Crippen MR) is 78.5 cm³/mol. The fraction of sp³-hybridized carbons (Fsp3) is 1.00. The van der Waals surface area contributed by atoms with Gasteiger partial charge in [0.25, 0.3) is 10.2 Å². The minimum atomic E-state index is -3.25. The van der Waals surface area contributed by atoms with E-state index in [0.717, 1.165) is 12.8 Å². The summed E-state index contributed by atoms with van der Waals surface area (Å²) >= 11 is 5.85. The molecule has 112 valence electrons. The van der Waals surface area contributed by atoms with Crippen LogP contribution in [0.5, 0.6) is 0 Å². The summed E-state index contributed by atoms with van der Waals surface area (Å²) in [7, 11) is -3.25. The molecule has 1 aliphatic carbocycles. The highest BCUT2D eigenvalue weighted by Gasteiger charge is 2.34. The van der Waals surface area contributed by atoms with Crippen molar-refractivity contribution >= 4 is 21.8 Å². The fourth-order valence-corrected chi connectivity index (χ4v) is 4.84. The van der Waals surface area contributed by atoms with Crippen LogP contribution in [0.1, 0.15) is 39.0 Å². The first-order valence-corrected chi connectivity index (χ1v) is 9.32. The van der Waals surface area contributed by atoms with Crippen LogP contribution in [0.3, 0.4) is 0 Å². The Hall–Kier alpha value is 0.160. The second kappa shape index (κ2) is 6.74. The van der Waals surface area contributed by atoms with E-state index in [2.05, 4.69) is 0 Å². The third kappa shape index (κ3) is 3.63. The molecule has 2 rings (SSSR count). The topological polar surface area (TPSA) is 40.6 Å². The molecule has 6 heteroatoms. The number of hydrogen-bond acceptors (Lipinski definition) is 2. The normalized spacial score (nSPS) is 23.7. The van der Waals surface area contributed by atoms with Gasteiger partial charge < -0.3 is 0 Å². The van der Waals surface area contributed by atoms with Gasteiger partial charge in [0.15, 0.2) is 0 Å². The highest BCUT2D eigenvalue weighted by molar-refractivity contribution is 7.86. The van der Waals surface area contributed by atoms with Crippen LogP contribution in [0.2, 0.25) is 0 Å². The van der Waals surface area contributed by atoms with Crippen molar-refractivity contribution in [3.05, 3.63) is 0 Å². The maximum atomic E-state index is 12.6. The summed E-state index contributed by atoms with van der Waals surface area (Å²) in [5.41, 5.74) is 0. The number of nitrogens with zero attached hydrogens (tertiary/aromatic N) is 2. The van der Waals surface area contributed by atoms with E-state index in [1.54, 1.807) is 8.61 Å². The summed E-state index contributed by atoms with van der Waals surface area (Å²) in [5.74, 6) is 1.71. The zero-order chi connectivity index (χ0) is 13.9. The second-order valence-electron chi connectivity index (χ2n) is 5.75. The average Bonchev–Trinajstić information content (AvgIpc) is 2.37. The fourth-order valence-electron chi connectivity index (χ4n) is 2.81. The van der Waals surface area contributed by atoms with Crippen molar-refractivity contribution in [3.8, 4) is 0 Å². The van der Waals surface area contributed by atoms with Crippen LogP contribution in [0.4, 0.5) is 0 Å². The average molecular weight is 309 g/mol. The van der Waals surface area contributed by atoms with E-state index in [1.807, 2.05) is 6.92 Å². The van der Waals surface area contributed by atoms with E-state index in [0.29, 0.717) is 43.9 Å². The molecule has 1 saturated carbocycles. The third-order valence-corrected chi connectivity index (χ3v) is 7.00. The van der Waals surface area contributed by atoms with Crippen molar-refractivity contribution in [3.63, 3.8) is 0 Å². The van der Waals surface area contributed by atoms with Crippen LogP contribution in [-0.2, 0) is 10.2 Å². The highest BCUT2D eigenvalue weighted by Crippen LogP contribution is 2.29. The molecular formula is C13H25ClN2O2S. The van der Waals surface area contributed by atoms with E-state index >= 15 is 0 Å². The van der Waals surface area contributed by atoms with Crippen LogP contribution < -0.4 is 0 Å². The minimum absolute atomic E-state index is 0.481. The molecule has 0 radical (unpaired) electrons. The lowest BCUT2D eigenvalue weighted by atomic mass is 9.85. The Labute approximate surface area is 122 Å². The SMILES string of the molecule is CCN(CC1CCC1)S(=O)(=O)N1CCC(CCl)CC1. The van der Waals surface area contributed by atoms with Gasteiger partial charge in [-0.15, -0.1) is 11.6 Å². The molecule has 0 bridgehead atoms. The van der Waals surface area contributed by atoms with Gasteiger partial charge in [-0.1, -0.05) is 13.3 Å². The molecule has 2 fully saturated rings.